The topological polar surface area (TPSA) is 89.6 Å². The molecule has 2 aromatic rings. The van der Waals surface area contributed by atoms with Crippen LogP contribution in [0.25, 0.3) is 0 Å². The van der Waals surface area contributed by atoms with Gasteiger partial charge in [0.1, 0.15) is 0 Å². The minimum Gasteiger partial charge on any atom is -0.452 e. The number of amidine groups is 1. The largest absolute Gasteiger partial charge is 0.452 e. The molecule has 0 bridgehead atoms. The maximum Gasteiger partial charge on any atom is 0.425 e. The summed E-state index contributed by atoms with van der Waals surface area (Å²) in [4.78, 5) is 19.5. The Morgan fingerprint density at radius 3 is 2.53 bits per heavy atom. The average Bonchev–Trinajstić information content (AvgIpc) is 2.63. The zero-order valence-electron chi connectivity index (χ0n) is 15.2. The second-order valence-corrected chi connectivity index (χ2v) is 6.53. The van der Waals surface area contributed by atoms with Gasteiger partial charge in [-0.3, -0.25) is 4.79 Å². The van der Waals surface area contributed by atoms with Crippen molar-refractivity contribution in [3.63, 3.8) is 0 Å². The summed E-state index contributed by atoms with van der Waals surface area (Å²) in [6.45, 7) is 1.55. The fourth-order valence-corrected chi connectivity index (χ4v) is 2.85. The molecule has 0 aliphatic carbocycles. The van der Waals surface area contributed by atoms with E-state index in [9.17, 15) is 31.1 Å². The summed E-state index contributed by atoms with van der Waals surface area (Å²) >= 11 is 0. The Morgan fingerprint density at radius 2 is 1.90 bits per heavy atom. The van der Waals surface area contributed by atoms with Crippen LogP contribution < -0.4 is 11.1 Å². The van der Waals surface area contributed by atoms with Crippen molar-refractivity contribution in [2.75, 3.05) is 5.32 Å². The van der Waals surface area contributed by atoms with E-state index in [4.69, 9.17) is 5.73 Å². The highest BCUT2D eigenvalue weighted by molar-refractivity contribution is 6.03. The first-order valence-electron chi connectivity index (χ1n) is 8.44. The number of alkyl halides is 3. The highest BCUT2D eigenvalue weighted by Gasteiger charge is 2.46. The molecule has 1 aromatic heterocycles. The lowest BCUT2D eigenvalue weighted by atomic mass is 9.98. The van der Waals surface area contributed by atoms with E-state index in [-0.39, 0.29) is 5.69 Å². The van der Waals surface area contributed by atoms with Crippen LogP contribution in [0.2, 0.25) is 0 Å². The van der Waals surface area contributed by atoms with E-state index in [0.29, 0.717) is 11.6 Å². The van der Waals surface area contributed by atoms with E-state index >= 15 is 0 Å². The Kier molecular flexibility index (Phi) is 5.59. The molecule has 0 saturated heterocycles. The van der Waals surface area contributed by atoms with Crippen LogP contribution >= 0.6 is 0 Å². The summed E-state index contributed by atoms with van der Waals surface area (Å²) in [6, 6.07) is 0.175. The second kappa shape index (κ2) is 7.84. The molecule has 1 aromatic carbocycles. The number of aryl methyl sites for hydroxylation is 1. The molecule has 0 spiro atoms. The number of nitrogens with one attached hydrogen (secondary N) is 1. The van der Waals surface area contributed by atoms with Crippen molar-refractivity contribution in [2.45, 2.75) is 31.7 Å². The molecule has 0 radical (unpaired) electrons. The number of carbonyl (C=O) groups is 1. The molecule has 1 amide bonds. The number of halogens is 6. The molecule has 160 valence electrons. The van der Waals surface area contributed by atoms with Crippen molar-refractivity contribution < 1.29 is 35.9 Å². The van der Waals surface area contributed by atoms with Gasteiger partial charge in [-0.05, 0) is 24.6 Å². The van der Waals surface area contributed by atoms with Gasteiger partial charge in [0.25, 0.3) is 11.9 Å². The van der Waals surface area contributed by atoms with Crippen LogP contribution in [0.5, 0.6) is 0 Å². The third-order valence-electron chi connectivity index (χ3n) is 4.21. The fourth-order valence-electron chi connectivity index (χ4n) is 2.85. The molecule has 1 aliphatic heterocycles. The van der Waals surface area contributed by atoms with Gasteiger partial charge < -0.3 is 15.8 Å². The smallest absolute Gasteiger partial charge is 0.425 e. The number of amides is 1. The number of anilines is 1. The summed E-state index contributed by atoms with van der Waals surface area (Å²) in [5.74, 6) is -4.92. The van der Waals surface area contributed by atoms with E-state index < -0.39 is 65.4 Å². The van der Waals surface area contributed by atoms with Gasteiger partial charge in [-0.15, -0.1) is 0 Å². The number of nitrogens with zero attached hydrogens (tertiary/aromatic N) is 2. The monoisotopic (exact) mass is 432 g/mol. The lowest BCUT2D eigenvalue weighted by Crippen LogP contribution is -2.40. The SMILES string of the molecule is Cc1cnc(C(=O)Nc2cc(F)c(F)c([C@@H]3CC(C(F)(F)F)OC(N)=N3)c2)c(F)c1. The van der Waals surface area contributed by atoms with Crippen LogP contribution in [0.1, 0.15) is 34.1 Å². The van der Waals surface area contributed by atoms with Gasteiger partial charge in [-0.2, -0.15) is 13.2 Å². The molecule has 1 unspecified atom stereocenters. The third kappa shape index (κ3) is 4.47. The summed E-state index contributed by atoms with van der Waals surface area (Å²) < 4.78 is 85.6. The number of rotatable bonds is 3. The number of aromatic nitrogens is 1. The lowest BCUT2D eigenvalue weighted by Gasteiger charge is -2.29. The summed E-state index contributed by atoms with van der Waals surface area (Å²) in [7, 11) is 0. The van der Waals surface area contributed by atoms with Crippen molar-refractivity contribution in [1.29, 1.82) is 0 Å². The van der Waals surface area contributed by atoms with Gasteiger partial charge in [0.15, 0.2) is 29.2 Å². The number of hydrogen-bond acceptors (Lipinski definition) is 5. The molecule has 30 heavy (non-hydrogen) atoms. The maximum absolute atomic E-state index is 14.3. The molecule has 12 heteroatoms. The van der Waals surface area contributed by atoms with Crippen molar-refractivity contribution in [2.24, 2.45) is 10.7 Å². The molecule has 3 rings (SSSR count). The number of ether oxygens (including phenoxy) is 1. The van der Waals surface area contributed by atoms with Crippen LogP contribution in [0.15, 0.2) is 29.4 Å². The third-order valence-corrected chi connectivity index (χ3v) is 4.21. The van der Waals surface area contributed by atoms with Crippen LogP contribution in [0, 0.1) is 24.4 Å². The molecule has 3 N–H and O–H groups in total. The predicted octanol–water partition coefficient (Wildman–Crippen LogP) is 3.77. The maximum atomic E-state index is 14.3. The standard InChI is InChI=1S/C18H14F6N4O2/c1-7-2-11(20)15(26-6-7)16(29)27-8-3-9(14(21)10(19)4-8)12-5-13(18(22,23)24)30-17(25)28-12/h2-4,6,12-13H,5H2,1H3,(H2,25,28)(H,27,29)/t12-,13?/m0/s1. The Bertz CT molecular complexity index is 1020. The summed E-state index contributed by atoms with van der Waals surface area (Å²) in [6.07, 6.45) is -6.81. The van der Waals surface area contributed by atoms with E-state index in [1.165, 1.54) is 6.20 Å². The summed E-state index contributed by atoms with van der Waals surface area (Å²) in [5.41, 5.74) is 4.19. The molecular weight excluding hydrogens is 418 g/mol. The van der Waals surface area contributed by atoms with E-state index in [1.807, 2.05) is 0 Å². The molecule has 0 saturated carbocycles. The summed E-state index contributed by atoms with van der Waals surface area (Å²) in [5, 5.41) is 2.14. The molecular formula is C18H14F6N4O2. The highest BCUT2D eigenvalue weighted by Crippen LogP contribution is 2.37. The molecule has 2 atom stereocenters. The van der Waals surface area contributed by atoms with Gasteiger partial charge in [0.2, 0.25) is 0 Å². The number of carbonyl (C=O) groups excluding carboxylic acids is 1. The van der Waals surface area contributed by atoms with Crippen molar-refractivity contribution in [3.8, 4) is 0 Å². The van der Waals surface area contributed by atoms with Crippen molar-refractivity contribution in [1.82, 2.24) is 4.98 Å². The van der Waals surface area contributed by atoms with Crippen LogP contribution in [0.4, 0.5) is 32.0 Å². The number of pyridine rings is 1. The molecule has 1 aliphatic rings. The quantitative estimate of drug-likeness (QED) is 0.723. The number of hydrogen-bond donors (Lipinski definition) is 2. The molecule has 2 heterocycles. The van der Waals surface area contributed by atoms with E-state index in [1.54, 1.807) is 6.92 Å². The minimum atomic E-state index is -4.81. The first-order chi connectivity index (χ1) is 14.0. The minimum absolute atomic E-state index is 0.334. The van der Waals surface area contributed by atoms with E-state index in [2.05, 4.69) is 20.0 Å². The number of nitrogens with two attached hydrogens (primary N) is 1. The Balaban J connectivity index is 1.92. The first kappa shape index (κ1) is 21.4. The van der Waals surface area contributed by atoms with E-state index in [0.717, 1.165) is 12.1 Å². The first-order valence-corrected chi connectivity index (χ1v) is 8.44. The Morgan fingerprint density at radius 1 is 1.20 bits per heavy atom. The van der Waals surface area contributed by atoms with Crippen molar-refractivity contribution >= 4 is 17.6 Å². The highest BCUT2D eigenvalue weighted by atomic mass is 19.4. The van der Waals surface area contributed by atoms with Gasteiger partial charge in [-0.25, -0.2) is 23.1 Å². The number of aliphatic imine (C=N–C) groups is 1. The van der Waals surface area contributed by atoms with Gasteiger partial charge >= 0.3 is 6.18 Å². The van der Waals surface area contributed by atoms with Crippen LogP contribution in [-0.4, -0.2) is 29.2 Å². The van der Waals surface area contributed by atoms with Gasteiger partial charge in [0.05, 0.1) is 6.04 Å². The number of benzene rings is 1. The van der Waals surface area contributed by atoms with Gasteiger partial charge in [0, 0.05) is 29.9 Å². The molecule has 0 fully saturated rings. The zero-order valence-corrected chi connectivity index (χ0v) is 15.2. The lowest BCUT2D eigenvalue weighted by molar-refractivity contribution is -0.204. The average molecular weight is 432 g/mol. The van der Waals surface area contributed by atoms with Gasteiger partial charge in [-0.1, -0.05) is 0 Å². The molecule has 6 nitrogen and oxygen atoms in total. The Labute approximate surface area is 165 Å². The second-order valence-electron chi connectivity index (χ2n) is 6.53. The van der Waals surface area contributed by atoms with Crippen LogP contribution in [-0.2, 0) is 4.74 Å². The normalized spacial score (nSPS) is 19.1. The van der Waals surface area contributed by atoms with Crippen molar-refractivity contribution in [3.05, 3.63) is 58.7 Å². The Hall–Kier alpha value is -3.31. The predicted molar refractivity (Wildman–Crippen MR) is 93.2 cm³/mol. The zero-order chi connectivity index (χ0) is 22.2. The fraction of sp³-hybridized carbons (Fsp3) is 0.278. The van der Waals surface area contributed by atoms with Crippen LogP contribution in [0.3, 0.4) is 0 Å².